The van der Waals surface area contributed by atoms with Gasteiger partial charge >= 0.3 is 5.97 Å². The molecule has 0 aliphatic heterocycles. The highest BCUT2D eigenvalue weighted by Crippen LogP contribution is 2.08. The lowest BCUT2D eigenvalue weighted by Gasteiger charge is -2.01. The van der Waals surface area contributed by atoms with Crippen LogP contribution in [0.15, 0.2) is 18.3 Å². The summed E-state index contributed by atoms with van der Waals surface area (Å²) in [5, 5.41) is 8.64. The monoisotopic (exact) mass is 206 g/mol. The molecule has 6 heteroatoms. The number of aromatic amines is 1. The topological polar surface area (TPSA) is 105 Å². The van der Waals surface area contributed by atoms with Crippen LogP contribution >= 0.6 is 0 Å². The number of pyridine rings is 1. The number of nitrogens with two attached hydrogens (primary N) is 1. The highest BCUT2D eigenvalue weighted by Gasteiger charge is 2.14. The first-order valence-electron chi connectivity index (χ1n) is 4.45. The molecule has 0 saturated heterocycles. The molecule has 0 aromatic carbocycles. The smallest absolute Gasteiger partial charge is 0.320 e. The Hall–Kier alpha value is -1.95. The number of carboxylic acids is 1. The maximum Gasteiger partial charge on any atom is 0.320 e. The third kappa shape index (κ3) is 1.94. The minimum Gasteiger partial charge on any atom is -0.480 e. The van der Waals surface area contributed by atoms with Crippen molar-refractivity contribution in [2.75, 3.05) is 0 Å². The fourth-order valence-electron chi connectivity index (χ4n) is 1.29. The van der Waals surface area contributed by atoms with Gasteiger partial charge in [-0.3, -0.25) is 4.79 Å². The molecule has 0 saturated carbocycles. The Morgan fingerprint density at radius 1 is 1.67 bits per heavy atom. The number of aromatic nitrogens is 3. The normalized spacial score (nSPS) is 12.9. The number of imidazole rings is 1. The number of fused-ring (bicyclic) bond motifs is 1. The lowest BCUT2D eigenvalue weighted by atomic mass is 10.2. The van der Waals surface area contributed by atoms with E-state index in [9.17, 15) is 4.79 Å². The quantitative estimate of drug-likeness (QED) is 0.651. The summed E-state index contributed by atoms with van der Waals surface area (Å²) in [6.07, 6.45) is 1.80. The van der Waals surface area contributed by atoms with Crippen LogP contribution in [0.5, 0.6) is 0 Å². The number of H-pyrrole nitrogens is 1. The van der Waals surface area contributed by atoms with E-state index < -0.39 is 12.0 Å². The van der Waals surface area contributed by atoms with Crippen molar-refractivity contribution in [3.05, 3.63) is 24.2 Å². The van der Waals surface area contributed by atoms with Gasteiger partial charge in [-0.05, 0) is 12.1 Å². The average Bonchev–Trinajstić information content (AvgIpc) is 2.59. The van der Waals surface area contributed by atoms with Gasteiger partial charge in [-0.25, -0.2) is 9.97 Å². The van der Waals surface area contributed by atoms with Crippen LogP contribution in [0.1, 0.15) is 5.82 Å². The number of carboxylic acid groups (broad SMARTS) is 1. The van der Waals surface area contributed by atoms with Crippen LogP contribution in [0.4, 0.5) is 0 Å². The molecule has 2 rings (SSSR count). The van der Waals surface area contributed by atoms with Crippen LogP contribution in [-0.2, 0) is 11.2 Å². The number of nitrogens with zero attached hydrogens (tertiary/aromatic N) is 2. The maximum absolute atomic E-state index is 10.5. The standard InChI is InChI=1S/C9H10N4O2/c10-5(9(14)15)4-7-12-6-2-1-3-11-8(6)13-7/h1-3,5H,4,10H2,(H,14,15)(H,11,12,13). The molecule has 0 spiro atoms. The third-order valence-corrected chi connectivity index (χ3v) is 2.04. The summed E-state index contributed by atoms with van der Waals surface area (Å²) < 4.78 is 0. The summed E-state index contributed by atoms with van der Waals surface area (Å²) in [6, 6.07) is 2.66. The molecule has 1 atom stereocenters. The molecule has 6 nitrogen and oxygen atoms in total. The van der Waals surface area contributed by atoms with Crippen molar-refractivity contribution in [1.29, 1.82) is 0 Å². The molecular formula is C9H10N4O2. The summed E-state index contributed by atoms with van der Waals surface area (Å²) in [6.45, 7) is 0. The van der Waals surface area contributed by atoms with Crippen molar-refractivity contribution in [2.24, 2.45) is 5.73 Å². The fraction of sp³-hybridized carbons (Fsp3) is 0.222. The van der Waals surface area contributed by atoms with Gasteiger partial charge in [-0.1, -0.05) is 0 Å². The summed E-state index contributed by atoms with van der Waals surface area (Å²) in [5.41, 5.74) is 6.75. The van der Waals surface area contributed by atoms with Gasteiger partial charge in [0.1, 0.15) is 11.9 Å². The van der Waals surface area contributed by atoms with Crippen LogP contribution in [0.3, 0.4) is 0 Å². The highest BCUT2D eigenvalue weighted by molar-refractivity contribution is 5.74. The first kappa shape index (κ1) is 9.60. The molecule has 2 aromatic rings. The van der Waals surface area contributed by atoms with Crippen molar-refractivity contribution in [3.63, 3.8) is 0 Å². The number of hydrogen-bond acceptors (Lipinski definition) is 4. The van der Waals surface area contributed by atoms with Crippen molar-refractivity contribution in [2.45, 2.75) is 12.5 Å². The number of hydrogen-bond donors (Lipinski definition) is 3. The minimum atomic E-state index is -1.04. The zero-order valence-electron chi connectivity index (χ0n) is 7.84. The first-order chi connectivity index (χ1) is 7.16. The minimum absolute atomic E-state index is 0.172. The molecule has 0 radical (unpaired) electrons. The number of carbonyl (C=O) groups is 1. The van der Waals surface area contributed by atoms with E-state index in [2.05, 4.69) is 15.0 Å². The Morgan fingerprint density at radius 2 is 2.47 bits per heavy atom. The highest BCUT2D eigenvalue weighted by atomic mass is 16.4. The van der Waals surface area contributed by atoms with Crippen LogP contribution < -0.4 is 5.73 Å². The van der Waals surface area contributed by atoms with Gasteiger partial charge in [0.25, 0.3) is 0 Å². The lowest BCUT2D eigenvalue weighted by molar-refractivity contribution is -0.138. The van der Waals surface area contributed by atoms with E-state index in [0.717, 1.165) is 5.52 Å². The van der Waals surface area contributed by atoms with E-state index in [1.807, 2.05) is 6.07 Å². The van der Waals surface area contributed by atoms with E-state index in [0.29, 0.717) is 11.5 Å². The number of aliphatic carboxylic acids is 1. The molecular weight excluding hydrogens is 196 g/mol. The Morgan fingerprint density at radius 3 is 3.13 bits per heavy atom. The predicted octanol–water partition coefficient (Wildman–Crippen LogP) is -0.0877. The molecule has 0 fully saturated rings. The molecule has 0 aliphatic carbocycles. The molecule has 2 aromatic heterocycles. The van der Waals surface area contributed by atoms with Gasteiger partial charge in [0, 0.05) is 12.6 Å². The SMILES string of the molecule is NC(Cc1nc2ncccc2[nH]1)C(=O)O. The van der Waals surface area contributed by atoms with E-state index in [1.54, 1.807) is 12.3 Å². The second-order valence-electron chi connectivity index (χ2n) is 3.21. The number of nitrogens with one attached hydrogen (secondary N) is 1. The second-order valence-corrected chi connectivity index (χ2v) is 3.21. The molecule has 0 bridgehead atoms. The predicted molar refractivity (Wildman–Crippen MR) is 53.2 cm³/mol. The van der Waals surface area contributed by atoms with Gasteiger partial charge < -0.3 is 15.8 Å². The Balaban J connectivity index is 2.26. The van der Waals surface area contributed by atoms with Gasteiger partial charge in [-0.15, -0.1) is 0 Å². The molecule has 1 unspecified atom stereocenters. The molecule has 0 aliphatic rings. The van der Waals surface area contributed by atoms with Crippen molar-refractivity contribution in [1.82, 2.24) is 15.0 Å². The van der Waals surface area contributed by atoms with Crippen LogP contribution in [0.25, 0.3) is 11.2 Å². The van der Waals surface area contributed by atoms with Crippen LogP contribution in [0, 0.1) is 0 Å². The van der Waals surface area contributed by atoms with Crippen molar-refractivity contribution >= 4 is 17.1 Å². The van der Waals surface area contributed by atoms with Gasteiger partial charge in [0.05, 0.1) is 5.52 Å². The summed E-state index contributed by atoms with van der Waals surface area (Å²) in [4.78, 5) is 21.6. The van der Waals surface area contributed by atoms with E-state index >= 15 is 0 Å². The lowest BCUT2D eigenvalue weighted by Crippen LogP contribution is -2.32. The second kappa shape index (κ2) is 3.66. The zero-order valence-corrected chi connectivity index (χ0v) is 7.84. The summed E-state index contributed by atoms with van der Waals surface area (Å²) in [5.74, 6) is -0.498. The summed E-state index contributed by atoms with van der Waals surface area (Å²) >= 11 is 0. The summed E-state index contributed by atoms with van der Waals surface area (Å²) in [7, 11) is 0. The Labute approximate surface area is 85.2 Å². The van der Waals surface area contributed by atoms with Crippen molar-refractivity contribution in [3.8, 4) is 0 Å². The molecule has 15 heavy (non-hydrogen) atoms. The van der Waals surface area contributed by atoms with E-state index in [4.69, 9.17) is 10.8 Å². The third-order valence-electron chi connectivity index (χ3n) is 2.04. The van der Waals surface area contributed by atoms with E-state index in [1.165, 1.54) is 0 Å². The fourth-order valence-corrected chi connectivity index (χ4v) is 1.29. The number of rotatable bonds is 3. The zero-order chi connectivity index (χ0) is 10.8. The molecule has 0 amide bonds. The van der Waals surface area contributed by atoms with Crippen LogP contribution in [0.2, 0.25) is 0 Å². The van der Waals surface area contributed by atoms with Gasteiger partial charge in [0.2, 0.25) is 0 Å². The van der Waals surface area contributed by atoms with Gasteiger partial charge in [0.15, 0.2) is 5.65 Å². The van der Waals surface area contributed by atoms with Crippen LogP contribution in [-0.4, -0.2) is 32.1 Å². The molecule has 2 heterocycles. The molecule has 4 N–H and O–H groups in total. The Kier molecular flexibility index (Phi) is 2.34. The Bertz CT molecular complexity index is 461. The first-order valence-corrected chi connectivity index (χ1v) is 4.45. The largest absolute Gasteiger partial charge is 0.480 e. The van der Waals surface area contributed by atoms with Gasteiger partial charge in [-0.2, -0.15) is 0 Å². The maximum atomic E-state index is 10.5. The van der Waals surface area contributed by atoms with E-state index in [-0.39, 0.29) is 6.42 Å². The van der Waals surface area contributed by atoms with Crippen molar-refractivity contribution < 1.29 is 9.90 Å². The molecule has 78 valence electrons. The average molecular weight is 206 g/mol.